The molecule has 0 spiro atoms. The predicted octanol–water partition coefficient (Wildman–Crippen LogP) is 1.30. The van der Waals surface area contributed by atoms with Gasteiger partial charge in [0.1, 0.15) is 0 Å². The molecule has 2 N–H and O–H groups in total. The van der Waals surface area contributed by atoms with Crippen molar-refractivity contribution in [3.63, 3.8) is 0 Å². The largest absolute Gasteiger partial charge is 0.330 e. The molecule has 2 rings (SSSR count). The molecule has 0 aromatic heterocycles. The van der Waals surface area contributed by atoms with E-state index < -0.39 is 0 Å². The number of carbonyl (C=O) groups is 1. The molecule has 0 bridgehead atoms. The van der Waals surface area contributed by atoms with Gasteiger partial charge in [-0.25, -0.2) is 0 Å². The van der Waals surface area contributed by atoms with Crippen LogP contribution in [0.5, 0.6) is 0 Å². The maximum Gasteiger partial charge on any atom is 0.242 e. The average Bonchev–Trinajstić information content (AvgIpc) is 2.69. The van der Waals surface area contributed by atoms with Crippen molar-refractivity contribution in [2.75, 3.05) is 24.6 Å². The van der Waals surface area contributed by atoms with Gasteiger partial charge < -0.3 is 5.73 Å². The summed E-state index contributed by atoms with van der Waals surface area (Å²) in [4.78, 5) is 11.8. The summed E-state index contributed by atoms with van der Waals surface area (Å²) in [5.41, 5.74) is 7.81. The summed E-state index contributed by atoms with van der Waals surface area (Å²) in [7, 11) is 0. The third kappa shape index (κ3) is 2.58. The van der Waals surface area contributed by atoms with E-state index in [1.165, 1.54) is 5.56 Å². The van der Waals surface area contributed by atoms with Gasteiger partial charge in [-0.15, -0.1) is 0 Å². The Hall–Kier alpha value is -1.55. The molecule has 1 aliphatic rings. The van der Waals surface area contributed by atoms with E-state index in [1.54, 1.807) is 0 Å². The van der Waals surface area contributed by atoms with Crippen LogP contribution >= 0.6 is 0 Å². The highest BCUT2D eigenvalue weighted by atomic mass is 16.2. The molecule has 1 aromatic carbocycles. The fraction of sp³-hybridized carbons (Fsp3) is 0.462. The number of nitrogens with zero attached hydrogens (tertiary/aromatic N) is 2. The van der Waals surface area contributed by atoms with Crippen LogP contribution in [0.2, 0.25) is 0 Å². The lowest BCUT2D eigenvalue weighted by molar-refractivity contribution is -0.128. The zero-order chi connectivity index (χ0) is 12.3. The summed E-state index contributed by atoms with van der Waals surface area (Å²) < 4.78 is 0. The third-order valence-electron chi connectivity index (χ3n) is 3.02. The number of aryl methyl sites for hydroxylation is 1. The summed E-state index contributed by atoms with van der Waals surface area (Å²) in [6.07, 6.45) is 1.44. The van der Waals surface area contributed by atoms with Crippen molar-refractivity contribution >= 4 is 11.6 Å². The van der Waals surface area contributed by atoms with Gasteiger partial charge in [0.15, 0.2) is 0 Å². The van der Waals surface area contributed by atoms with Crippen LogP contribution in [0, 0.1) is 6.92 Å². The Kier molecular flexibility index (Phi) is 3.64. The van der Waals surface area contributed by atoms with Crippen molar-refractivity contribution in [2.45, 2.75) is 19.8 Å². The number of benzene rings is 1. The molecule has 1 saturated heterocycles. The van der Waals surface area contributed by atoms with Crippen molar-refractivity contribution < 1.29 is 4.79 Å². The molecular weight excluding hydrogens is 214 g/mol. The molecule has 1 fully saturated rings. The van der Waals surface area contributed by atoms with E-state index in [4.69, 9.17) is 5.73 Å². The highest BCUT2D eigenvalue weighted by molar-refractivity contribution is 5.81. The molecule has 1 heterocycles. The quantitative estimate of drug-likeness (QED) is 0.852. The topological polar surface area (TPSA) is 49.6 Å². The van der Waals surface area contributed by atoms with Crippen LogP contribution in [0.1, 0.15) is 18.4 Å². The van der Waals surface area contributed by atoms with Gasteiger partial charge in [0.2, 0.25) is 5.91 Å². The minimum absolute atomic E-state index is 0.194. The zero-order valence-electron chi connectivity index (χ0n) is 10.2. The Morgan fingerprint density at radius 3 is 2.65 bits per heavy atom. The fourth-order valence-corrected chi connectivity index (χ4v) is 2.06. The lowest BCUT2D eigenvalue weighted by Gasteiger charge is -2.29. The molecule has 17 heavy (non-hydrogen) atoms. The lowest BCUT2D eigenvalue weighted by Crippen LogP contribution is -2.40. The number of anilines is 1. The summed E-state index contributed by atoms with van der Waals surface area (Å²) in [5.74, 6) is 0.194. The second-order valence-electron chi connectivity index (χ2n) is 4.37. The molecule has 0 radical (unpaired) electrons. The highest BCUT2D eigenvalue weighted by Crippen LogP contribution is 2.22. The van der Waals surface area contributed by atoms with Gasteiger partial charge in [0.25, 0.3) is 0 Å². The first-order chi connectivity index (χ1) is 8.22. The van der Waals surface area contributed by atoms with E-state index in [2.05, 4.69) is 36.2 Å². The highest BCUT2D eigenvalue weighted by Gasteiger charge is 2.28. The van der Waals surface area contributed by atoms with Gasteiger partial charge >= 0.3 is 0 Å². The molecule has 0 saturated carbocycles. The Balaban J connectivity index is 2.13. The molecule has 4 heteroatoms. The molecule has 1 aliphatic heterocycles. The maximum absolute atomic E-state index is 11.8. The standard InChI is InChI=1S/C13H19N3O/c1-11-3-5-12(6-4-11)15-10-7-13(17)16(15)9-2-8-14/h3-6H,2,7-10,14H2,1H3. The van der Waals surface area contributed by atoms with E-state index in [9.17, 15) is 4.79 Å². The van der Waals surface area contributed by atoms with Crippen molar-refractivity contribution in [1.29, 1.82) is 0 Å². The second-order valence-corrected chi connectivity index (χ2v) is 4.37. The number of hydrogen-bond acceptors (Lipinski definition) is 3. The van der Waals surface area contributed by atoms with Gasteiger partial charge in [-0.2, -0.15) is 0 Å². The Morgan fingerprint density at radius 1 is 1.29 bits per heavy atom. The lowest BCUT2D eigenvalue weighted by atomic mass is 10.2. The molecule has 0 unspecified atom stereocenters. The average molecular weight is 233 g/mol. The van der Waals surface area contributed by atoms with Crippen LogP contribution in [0.3, 0.4) is 0 Å². The van der Waals surface area contributed by atoms with E-state index in [-0.39, 0.29) is 5.91 Å². The molecule has 92 valence electrons. The van der Waals surface area contributed by atoms with Crippen LogP contribution in [0.15, 0.2) is 24.3 Å². The number of hydrazine groups is 1. The van der Waals surface area contributed by atoms with Crippen molar-refractivity contribution in [3.8, 4) is 0 Å². The van der Waals surface area contributed by atoms with E-state index in [0.29, 0.717) is 19.5 Å². The minimum Gasteiger partial charge on any atom is -0.330 e. The van der Waals surface area contributed by atoms with E-state index in [0.717, 1.165) is 18.7 Å². The van der Waals surface area contributed by atoms with Gasteiger partial charge in [0, 0.05) is 19.5 Å². The Morgan fingerprint density at radius 2 is 2.00 bits per heavy atom. The number of rotatable bonds is 4. The zero-order valence-corrected chi connectivity index (χ0v) is 10.2. The smallest absolute Gasteiger partial charge is 0.242 e. The monoisotopic (exact) mass is 233 g/mol. The second kappa shape index (κ2) is 5.19. The first-order valence-corrected chi connectivity index (χ1v) is 6.07. The molecule has 1 aromatic rings. The number of carbonyl (C=O) groups excluding carboxylic acids is 1. The van der Waals surface area contributed by atoms with Gasteiger partial charge in [-0.3, -0.25) is 14.8 Å². The molecule has 0 atom stereocenters. The summed E-state index contributed by atoms with van der Waals surface area (Å²) in [5, 5.41) is 3.87. The molecular formula is C13H19N3O. The molecule has 0 aliphatic carbocycles. The van der Waals surface area contributed by atoms with E-state index in [1.807, 2.05) is 5.01 Å². The van der Waals surface area contributed by atoms with Crippen molar-refractivity contribution in [3.05, 3.63) is 29.8 Å². The van der Waals surface area contributed by atoms with Gasteiger partial charge in [-0.1, -0.05) is 17.7 Å². The van der Waals surface area contributed by atoms with Crippen LogP contribution in [-0.2, 0) is 4.79 Å². The SMILES string of the molecule is Cc1ccc(N2CCC(=O)N2CCCN)cc1. The number of nitrogens with two attached hydrogens (primary N) is 1. The van der Waals surface area contributed by atoms with Crippen LogP contribution in [0.4, 0.5) is 5.69 Å². The van der Waals surface area contributed by atoms with Gasteiger partial charge in [-0.05, 0) is 32.0 Å². The third-order valence-corrected chi connectivity index (χ3v) is 3.02. The number of amides is 1. The predicted molar refractivity (Wildman–Crippen MR) is 68.5 cm³/mol. The summed E-state index contributed by atoms with van der Waals surface area (Å²) >= 11 is 0. The van der Waals surface area contributed by atoms with Crippen LogP contribution in [-0.4, -0.2) is 30.6 Å². The first-order valence-electron chi connectivity index (χ1n) is 6.07. The first kappa shape index (κ1) is 11.9. The summed E-state index contributed by atoms with van der Waals surface area (Å²) in [6, 6.07) is 8.26. The molecule has 4 nitrogen and oxygen atoms in total. The van der Waals surface area contributed by atoms with Crippen LogP contribution in [0.25, 0.3) is 0 Å². The maximum atomic E-state index is 11.8. The molecule has 1 amide bonds. The minimum atomic E-state index is 0.194. The summed E-state index contributed by atoms with van der Waals surface area (Å²) in [6.45, 7) is 4.16. The Labute approximate surface area is 102 Å². The Bertz CT molecular complexity index is 388. The van der Waals surface area contributed by atoms with Gasteiger partial charge in [0.05, 0.1) is 5.69 Å². The normalized spacial score (nSPS) is 15.8. The van der Waals surface area contributed by atoms with Crippen molar-refractivity contribution in [1.82, 2.24) is 5.01 Å². The fourth-order valence-electron chi connectivity index (χ4n) is 2.06. The van der Waals surface area contributed by atoms with Crippen molar-refractivity contribution in [2.24, 2.45) is 5.73 Å². The number of hydrogen-bond donors (Lipinski definition) is 1. The van der Waals surface area contributed by atoms with Crippen LogP contribution < -0.4 is 10.7 Å². The van der Waals surface area contributed by atoms with E-state index >= 15 is 0 Å².